The maximum Gasteiger partial charge on any atom is 0.468 e. The highest BCUT2D eigenvalue weighted by atomic mass is 79.9. The number of ether oxygens (including phenoxy) is 2. The van der Waals surface area contributed by atoms with Gasteiger partial charge in [0.15, 0.2) is 0 Å². The van der Waals surface area contributed by atoms with Crippen molar-refractivity contribution in [2.75, 3.05) is 20.0 Å². The molecule has 0 unspecified atom stereocenters. The molecule has 0 fully saturated rings. The largest absolute Gasteiger partial charge is 0.468 e. The SMILES string of the molecule is CCOCOCC/C=C/C[CH2][Mg][Br]. The third kappa shape index (κ3) is 12.9. The first-order valence-corrected chi connectivity index (χ1v) is 9.68. The Morgan fingerprint density at radius 1 is 1.23 bits per heavy atom. The molecule has 0 aromatic heterocycles. The highest BCUT2D eigenvalue weighted by molar-refractivity contribution is 9.23. The Balaban J connectivity index is 2.93. The summed E-state index contributed by atoms with van der Waals surface area (Å²) in [4.78, 5) is 0. The van der Waals surface area contributed by atoms with E-state index in [4.69, 9.17) is 9.47 Å². The summed E-state index contributed by atoms with van der Waals surface area (Å²) in [5, 5.41) is 0. The summed E-state index contributed by atoms with van der Waals surface area (Å²) in [5.41, 5.74) is 0. The minimum Gasteiger partial charge on any atom is -0.356 e. The standard InChI is InChI=1S/C9H17O2.BrH.Mg/c1-3-5-6-7-8-11-9-10-4-2;;/h5-6H,1,3-4,7-9H2,2H3;1H;/q;;+1/p-1/b6-5+;;. The Bertz CT molecular complexity index is 120. The predicted octanol–water partition coefficient (Wildman–Crippen LogP) is 2.77. The Morgan fingerprint density at radius 2 is 2.00 bits per heavy atom. The van der Waals surface area contributed by atoms with Crippen LogP contribution in [0.4, 0.5) is 0 Å². The molecule has 0 saturated carbocycles. The van der Waals surface area contributed by atoms with Crippen LogP contribution in [0.1, 0.15) is 19.8 Å². The van der Waals surface area contributed by atoms with Gasteiger partial charge in [-0.2, -0.15) is 0 Å². The van der Waals surface area contributed by atoms with Crippen LogP contribution in [0.25, 0.3) is 0 Å². The molecule has 0 aromatic rings. The van der Waals surface area contributed by atoms with Gasteiger partial charge in [0.25, 0.3) is 0 Å². The van der Waals surface area contributed by atoms with Crippen molar-refractivity contribution in [3.63, 3.8) is 0 Å². The molecule has 0 aromatic carbocycles. The summed E-state index contributed by atoms with van der Waals surface area (Å²) in [5.74, 6) is 0. The molecule has 0 rings (SSSR count). The minimum absolute atomic E-state index is 0.0732. The van der Waals surface area contributed by atoms with Gasteiger partial charge in [0, 0.05) is 6.61 Å². The van der Waals surface area contributed by atoms with Crippen LogP contribution in [0.2, 0.25) is 4.55 Å². The normalized spacial score (nSPS) is 10.6. The quantitative estimate of drug-likeness (QED) is 0.275. The molecule has 2 nitrogen and oxygen atoms in total. The van der Waals surface area contributed by atoms with Crippen LogP contribution in [0.15, 0.2) is 12.2 Å². The zero-order valence-electron chi connectivity index (χ0n) is 8.30. The Morgan fingerprint density at radius 3 is 2.69 bits per heavy atom. The smallest absolute Gasteiger partial charge is 0.356 e. The third-order valence-corrected chi connectivity index (χ3v) is 3.83. The summed E-state index contributed by atoms with van der Waals surface area (Å²) in [6.07, 6.45) is 6.63. The van der Waals surface area contributed by atoms with Crippen LogP contribution >= 0.6 is 12.9 Å². The third-order valence-electron chi connectivity index (χ3n) is 1.47. The molecule has 0 aliphatic carbocycles. The molecule has 0 radical (unpaired) electrons. The fourth-order valence-corrected chi connectivity index (χ4v) is 2.14. The van der Waals surface area contributed by atoms with Crippen LogP contribution in [-0.2, 0) is 9.47 Å². The zero-order valence-corrected chi connectivity index (χ0v) is 11.3. The lowest BCUT2D eigenvalue weighted by Crippen LogP contribution is -1.99. The molecule has 0 atom stereocenters. The molecule has 0 bridgehead atoms. The molecule has 0 amide bonds. The average Bonchev–Trinajstić information content (AvgIpc) is 2.16. The van der Waals surface area contributed by atoms with Gasteiger partial charge in [-0.05, 0) is 13.3 Å². The van der Waals surface area contributed by atoms with Gasteiger partial charge in [-0.25, -0.2) is 0 Å². The van der Waals surface area contributed by atoms with Gasteiger partial charge in [0.05, 0.1) is 6.61 Å². The van der Waals surface area contributed by atoms with Crippen molar-refractivity contribution in [1.29, 1.82) is 0 Å². The van der Waals surface area contributed by atoms with E-state index in [9.17, 15) is 0 Å². The van der Waals surface area contributed by atoms with Crippen molar-refractivity contribution in [2.24, 2.45) is 0 Å². The van der Waals surface area contributed by atoms with Crippen molar-refractivity contribution in [1.82, 2.24) is 0 Å². The van der Waals surface area contributed by atoms with Gasteiger partial charge in [-0.3, -0.25) is 0 Å². The van der Waals surface area contributed by atoms with Crippen LogP contribution in [-0.4, -0.2) is 38.2 Å². The zero-order chi connectivity index (χ0) is 9.78. The first-order chi connectivity index (χ1) is 6.41. The van der Waals surface area contributed by atoms with Crippen molar-refractivity contribution in [3.8, 4) is 0 Å². The summed E-state index contributed by atoms with van der Waals surface area (Å²) in [6.45, 7) is 3.89. The topological polar surface area (TPSA) is 18.5 Å². The molecular formula is C9H17BrMgO2. The van der Waals surface area contributed by atoms with Crippen LogP contribution in [0.3, 0.4) is 0 Å². The van der Waals surface area contributed by atoms with Crippen LogP contribution < -0.4 is 0 Å². The maximum absolute atomic E-state index is 5.21. The molecule has 0 saturated heterocycles. The van der Waals surface area contributed by atoms with Gasteiger partial charge in [0.1, 0.15) is 6.79 Å². The summed E-state index contributed by atoms with van der Waals surface area (Å²) in [7, 11) is 0. The molecular weight excluding hydrogens is 244 g/mol. The lowest BCUT2D eigenvalue weighted by molar-refractivity contribution is -0.0476. The number of allylic oxidation sites excluding steroid dienone is 1. The molecule has 0 spiro atoms. The highest BCUT2D eigenvalue weighted by Gasteiger charge is 1.86. The first kappa shape index (κ1) is 13.9. The molecule has 0 aliphatic heterocycles. The Hall–Kier alpha value is 0.906. The second-order valence-electron chi connectivity index (χ2n) is 2.61. The van der Waals surface area contributed by atoms with E-state index >= 15 is 0 Å². The monoisotopic (exact) mass is 260 g/mol. The number of rotatable bonds is 9. The minimum atomic E-state index is 0.0732. The van der Waals surface area contributed by atoms with E-state index in [0.717, 1.165) is 19.6 Å². The van der Waals surface area contributed by atoms with Gasteiger partial charge in [0.2, 0.25) is 0 Å². The van der Waals surface area contributed by atoms with Crippen LogP contribution in [0, 0.1) is 0 Å². The van der Waals surface area contributed by atoms with E-state index in [0.29, 0.717) is 6.79 Å². The Labute approximate surface area is 96.6 Å². The van der Waals surface area contributed by atoms with E-state index in [-0.39, 0.29) is 18.2 Å². The van der Waals surface area contributed by atoms with E-state index in [1.165, 1.54) is 11.0 Å². The van der Waals surface area contributed by atoms with E-state index in [1.54, 1.807) is 0 Å². The summed E-state index contributed by atoms with van der Waals surface area (Å²) in [6, 6.07) is 0. The fraction of sp³-hybridized carbons (Fsp3) is 0.778. The number of hydrogen-bond donors (Lipinski definition) is 0. The predicted molar refractivity (Wildman–Crippen MR) is 60.3 cm³/mol. The lowest BCUT2D eigenvalue weighted by atomic mass is 10.3. The van der Waals surface area contributed by atoms with Crippen LogP contribution in [0.5, 0.6) is 0 Å². The van der Waals surface area contributed by atoms with Crippen molar-refractivity contribution < 1.29 is 9.47 Å². The lowest BCUT2D eigenvalue weighted by Gasteiger charge is -2.00. The number of hydrogen-bond acceptors (Lipinski definition) is 2. The molecule has 13 heavy (non-hydrogen) atoms. The van der Waals surface area contributed by atoms with E-state index in [2.05, 4.69) is 25.0 Å². The highest BCUT2D eigenvalue weighted by Crippen LogP contribution is 1.95. The molecule has 0 aliphatic rings. The second-order valence-corrected chi connectivity index (χ2v) is 6.07. The van der Waals surface area contributed by atoms with Gasteiger partial charge in [-0.15, -0.1) is 4.55 Å². The Kier molecular flexibility index (Phi) is 13.8. The van der Waals surface area contributed by atoms with Gasteiger partial charge in [-0.1, -0.05) is 18.6 Å². The molecule has 74 valence electrons. The van der Waals surface area contributed by atoms with Gasteiger partial charge >= 0.3 is 18.2 Å². The van der Waals surface area contributed by atoms with Crippen molar-refractivity contribution >= 4 is 31.1 Å². The molecule has 4 heteroatoms. The first-order valence-electron chi connectivity index (χ1n) is 4.78. The van der Waals surface area contributed by atoms with Crippen molar-refractivity contribution in [2.45, 2.75) is 24.3 Å². The summed E-state index contributed by atoms with van der Waals surface area (Å²) >= 11 is 3.60. The van der Waals surface area contributed by atoms with Gasteiger partial charge < -0.3 is 22.4 Å². The second kappa shape index (κ2) is 12.9. The maximum atomic E-state index is 5.21. The molecule has 0 N–H and O–H groups in total. The van der Waals surface area contributed by atoms with E-state index in [1.807, 2.05) is 6.92 Å². The average molecular weight is 261 g/mol. The van der Waals surface area contributed by atoms with E-state index < -0.39 is 0 Å². The fourth-order valence-electron chi connectivity index (χ4n) is 0.783. The molecule has 0 heterocycles. The summed E-state index contributed by atoms with van der Waals surface area (Å²) < 4.78 is 11.6. The number of halogens is 1. The van der Waals surface area contributed by atoms with Crippen molar-refractivity contribution in [3.05, 3.63) is 12.2 Å².